The molecule has 0 radical (unpaired) electrons. The minimum atomic E-state index is -0.549. The Hall–Kier alpha value is -2.41. The number of carbonyl (C=O) groups excluding carboxylic acids is 2. The van der Waals surface area contributed by atoms with Crippen molar-refractivity contribution < 1.29 is 9.59 Å². The normalized spacial score (nSPS) is 16.0. The average molecular weight is 387 g/mol. The fourth-order valence-corrected chi connectivity index (χ4v) is 4.07. The Kier molecular flexibility index (Phi) is 6.11. The first-order chi connectivity index (χ1) is 12.9. The molecule has 3 rings (SSSR count). The van der Waals surface area contributed by atoms with E-state index in [4.69, 9.17) is 0 Å². The minimum Gasteiger partial charge on any atom is -0.346 e. The first kappa shape index (κ1) is 19.4. The number of nitrogens with one attached hydrogen (secondary N) is 1. The number of benzene rings is 1. The van der Waals surface area contributed by atoms with Crippen molar-refractivity contribution in [2.24, 2.45) is 0 Å². The lowest BCUT2D eigenvalue weighted by Crippen LogP contribution is -2.48. The summed E-state index contributed by atoms with van der Waals surface area (Å²) in [7, 11) is 0. The van der Waals surface area contributed by atoms with E-state index >= 15 is 0 Å². The molecule has 0 saturated carbocycles. The van der Waals surface area contributed by atoms with Gasteiger partial charge in [-0.25, -0.2) is 4.98 Å². The van der Waals surface area contributed by atoms with E-state index in [1.807, 2.05) is 42.3 Å². The maximum atomic E-state index is 12.8. The number of aryl methyl sites for hydroxylation is 2. The van der Waals surface area contributed by atoms with Crippen molar-refractivity contribution in [1.29, 1.82) is 0 Å². The molecule has 1 unspecified atom stereocenters. The molecule has 1 saturated heterocycles. The van der Waals surface area contributed by atoms with E-state index in [-0.39, 0.29) is 11.8 Å². The highest BCUT2D eigenvalue weighted by atomic mass is 32.1. The molecule has 27 heavy (non-hydrogen) atoms. The summed E-state index contributed by atoms with van der Waals surface area (Å²) in [5.74, 6) is -0.248. The molecule has 1 aliphatic rings. The number of hydrogen-bond acceptors (Lipinski definition) is 5. The molecule has 6 nitrogen and oxygen atoms in total. The molecule has 1 aliphatic heterocycles. The van der Waals surface area contributed by atoms with Crippen LogP contribution >= 0.6 is 11.3 Å². The average Bonchev–Trinajstić information content (AvgIpc) is 2.93. The van der Waals surface area contributed by atoms with Crippen LogP contribution in [0.2, 0.25) is 0 Å². The fraction of sp³-hybridized carbons (Fsp3) is 0.450. The van der Waals surface area contributed by atoms with Gasteiger partial charge in [-0.05, 0) is 39.3 Å². The van der Waals surface area contributed by atoms with Crippen LogP contribution in [0, 0.1) is 13.8 Å². The highest BCUT2D eigenvalue weighted by molar-refractivity contribution is 7.13. The summed E-state index contributed by atoms with van der Waals surface area (Å²) in [4.78, 5) is 33.8. The molecular formula is C20H26N4O2S. The summed E-state index contributed by atoms with van der Waals surface area (Å²) in [5.41, 5.74) is 2.63. The quantitative estimate of drug-likeness (QED) is 0.877. The molecule has 1 aromatic carbocycles. The monoisotopic (exact) mass is 386 g/mol. The van der Waals surface area contributed by atoms with Crippen LogP contribution in [0.1, 0.15) is 35.0 Å². The van der Waals surface area contributed by atoms with Crippen LogP contribution in [0.5, 0.6) is 0 Å². The van der Waals surface area contributed by atoms with Crippen molar-refractivity contribution in [1.82, 2.24) is 15.2 Å². The zero-order valence-corrected chi connectivity index (χ0v) is 16.9. The van der Waals surface area contributed by atoms with Gasteiger partial charge >= 0.3 is 0 Å². The van der Waals surface area contributed by atoms with Gasteiger partial charge in [0.2, 0.25) is 5.91 Å². The van der Waals surface area contributed by atoms with Gasteiger partial charge in [-0.1, -0.05) is 17.7 Å². The van der Waals surface area contributed by atoms with E-state index in [0.29, 0.717) is 18.7 Å². The molecule has 0 spiro atoms. The maximum Gasteiger partial charge on any atom is 0.251 e. The largest absolute Gasteiger partial charge is 0.346 e. The molecule has 1 aromatic heterocycles. The van der Waals surface area contributed by atoms with Gasteiger partial charge < -0.3 is 15.1 Å². The van der Waals surface area contributed by atoms with Crippen molar-refractivity contribution in [3.8, 4) is 0 Å². The zero-order chi connectivity index (χ0) is 19.4. The SMILES string of the molecule is Cc1cccc(C(=O)NC(C)C(=O)N2CCCN(c3nc(C)cs3)CC2)c1. The second kappa shape index (κ2) is 8.52. The van der Waals surface area contributed by atoms with Gasteiger partial charge in [0.05, 0.1) is 5.69 Å². The zero-order valence-electron chi connectivity index (χ0n) is 16.1. The van der Waals surface area contributed by atoms with Gasteiger partial charge in [-0.2, -0.15) is 0 Å². The lowest BCUT2D eigenvalue weighted by molar-refractivity contribution is -0.132. The first-order valence-electron chi connectivity index (χ1n) is 9.27. The molecule has 0 aliphatic carbocycles. The van der Waals surface area contributed by atoms with Crippen molar-refractivity contribution in [3.63, 3.8) is 0 Å². The summed E-state index contributed by atoms with van der Waals surface area (Å²) < 4.78 is 0. The fourth-order valence-electron chi connectivity index (χ4n) is 3.22. The van der Waals surface area contributed by atoms with Gasteiger partial charge in [-0.15, -0.1) is 11.3 Å². The number of anilines is 1. The van der Waals surface area contributed by atoms with E-state index in [0.717, 1.165) is 35.9 Å². The van der Waals surface area contributed by atoms with Gasteiger partial charge in [0, 0.05) is 37.1 Å². The number of hydrogen-bond donors (Lipinski definition) is 1. The van der Waals surface area contributed by atoms with Crippen molar-refractivity contribution in [2.45, 2.75) is 33.2 Å². The van der Waals surface area contributed by atoms with E-state index in [1.54, 1.807) is 24.3 Å². The Labute approximate surface area is 164 Å². The lowest BCUT2D eigenvalue weighted by atomic mass is 10.1. The Morgan fingerprint density at radius 1 is 1.19 bits per heavy atom. The van der Waals surface area contributed by atoms with Gasteiger partial charge in [0.1, 0.15) is 6.04 Å². The maximum absolute atomic E-state index is 12.8. The predicted molar refractivity (Wildman–Crippen MR) is 108 cm³/mol. The van der Waals surface area contributed by atoms with Gasteiger partial charge in [-0.3, -0.25) is 9.59 Å². The van der Waals surface area contributed by atoms with Crippen molar-refractivity contribution in [2.75, 3.05) is 31.1 Å². The minimum absolute atomic E-state index is 0.0341. The van der Waals surface area contributed by atoms with Crippen LogP contribution in [0.25, 0.3) is 0 Å². The smallest absolute Gasteiger partial charge is 0.251 e. The lowest BCUT2D eigenvalue weighted by Gasteiger charge is -2.25. The van der Waals surface area contributed by atoms with Crippen LogP contribution < -0.4 is 10.2 Å². The summed E-state index contributed by atoms with van der Waals surface area (Å²) >= 11 is 1.64. The number of nitrogens with zero attached hydrogens (tertiary/aromatic N) is 3. The molecule has 7 heteroatoms. The molecule has 2 heterocycles. The van der Waals surface area contributed by atoms with Crippen molar-refractivity contribution in [3.05, 3.63) is 46.5 Å². The first-order valence-corrected chi connectivity index (χ1v) is 10.2. The molecule has 1 atom stereocenters. The third-order valence-electron chi connectivity index (χ3n) is 4.68. The van der Waals surface area contributed by atoms with E-state index in [1.165, 1.54) is 0 Å². The van der Waals surface area contributed by atoms with Crippen LogP contribution in [0.15, 0.2) is 29.6 Å². The van der Waals surface area contributed by atoms with Crippen molar-refractivity contribution >= 4 is 28.3 Å². The Bertz CT molecular complexity index is 820. The summed E-state index contributed by atoms with van der Waals surface area (Å²) in [6.45, 7) is 8.68. The molecule has 1 N–H and O–H groups in total. The number of thiazole rings is 1. The van der Waals surface area contributed by atoms with Crippen LogP contribution in [-0.2, 0) is 4.79 Å². The third kappa shape index (κ3) is 4.86. The molecule has 2 amide bonds. The van der Waals surface area contributed by atoms with Gasteiger partial charge in [0.15, 0.2) is 5.13 Å². The topological polar surface area (TPSA) is 65.5 Å². The Balaban J connectivity index is 1.57. The van der Waals surface area contributed by atoms with Crippen LogP contribution in [0.4, 0.5) is 5.13 Å². The standard InChI is InChI=1S/C20H26N4O2S/c1-14-6-4-7-17(12-14)18(25)22-16(3)19(26)23-8-5-9-24(11-10-23)20-21-15(2)13-27-20/h4,6-7,12-13,16H,5,8-11H2,1-3H3,(H,22,25). The second-order valence-electron chi connectivity index (χ2n) is 7.00. The van der Waals surface area contributed by atoms with E-state index in [9.17, 15) is 9.59 Å². The second-order valence-corrected chi connectivity index (χ2v) is 7.84. The van der Waals surface area contributed by atoms with E-state index < -0.39 is 6.04 Å². The van der Waals surface area contributed by atoms with Crippen LogP contribution in [0.3, 0.4) is 0 Å². The molecule has 2 aromatic rings. The number of aromatic nitrogens is 1. The van der Waals surface area contributed by atoms with Crippen LogP contribution in [-0.4, -0.2) is 53.9 Å². The number of amides is 2. The highest BCUT2D eigenvalue weighted by Crippen LogP contribution is 2.21. The van der Waals surface area contributed by atoms with E-state index in [2.05, 4.69) is 15.2 Å². The summed E-state index contributed by atoms with van der Waals surface area (Å²) in [6, 6.07) is 6.83. The highest BCUT2D eigenvalue weighted by Gasteiger charge is 2.25. The summed E-state index contributed by atoms with van der Waals surface area (Å²) in [6.07, 6.45) is 0.892. The Morgan fingerprint density at radius 2 is 2.00 bits per heavy atom. The predicted octanol–water partition coefficient (Wildman–Crippen LogP) is 2.62. The number of rotatable bonds is 4. The molecule has 144 valence electrons. The van der Waals surface area contributed by atoms with Gasteiger partial charge in [0.25, 0.3) is 5.91 Å². The molecular weight excluding hydrogens is 360 g/mol. The molecule has 0 bridgehead atoms. The number of carbonyl (C=O) groups is 2. The Morgan fingerprint density at radius 3 is 2.70 bits per heavy atom. The summed E-state index contributed by atoms with van der Waals surface area (Å²) in [5, 5.41) is 5.90. The third-order valence-corrected chi connectivity index (χ3v) is 5.70. The molecule has 1 fully saturated rings.